The molecule has 8 heteroatoms. The van der Waals surface area contributed by atoms with Crippen LogP contribution in [0.4, 0.5) is 8.78 Å². The summed E-state index contributed by atoms with van der Waals surface area (Å²) in [5.41, 5.74) is -4.07. The Morgan fingerprint density at radius 3 is 2.55 bits per heavy atom. The predicted octanol–water partition coefficient (Wildman–Crippen LogP) is 3.01. The van der Waals surface area contributed by atoms with Crippen molar-refractivity contribution in [2.24, 2.45) is 34.5 Å². The van der Waals surface area contributed by atoms with Crippen molar-refractivity contribution >= 4 is 17.5 Å². The average molecular weight is 467 g/mol. The topological polar surface area (TPSA) is 101 Å². The molecule has 4 aliphatic rings. The van der Waals surface area contributed by atoms with Crippen LogP contribution in [0.1, 0.15) is 53.4 Å². The Bertz CT molecular complexity index is 959. The van der Waals surface area contributed by atoms with Crippen LogP contribution in [0.15, 0.2) is 23.6 Å². The molecule has 33 heavy (non-hydrogen) atoms. The monoisotopic (exact) mass is 466 g/mol. The van der Waals surface area contributed by atoms with Gasteiger partial charge in [-0.25, -0.2) is 8.78 Å². The highest BCUT2D eigenvalue weighted by molar-refractivity contribution is 6.04. The second-order valence-electron chi connectivity index (χ2n) is 10.7. The van der Waals surface area contributed by atoms with Crippen molar-refractivity contribution in [1.82, 2.24) is 0 Å². The SMILES string of the molecule is CCC(=O)O[C@]1(C(=O)CO)[C@@H](C)C[C@H]2[C@@H]3C[C@H](F)C4=C(F)C(=O)C=C[C@]4(C)[C@H]3[C@@H](O)C[C@@]21C. The zero-order chi connectivity index (χ0) is 24.5. The van der Waals surface area contributed by atoms with Crippen molar-refractivity contribution in [3.8, 4) is 0 Å². The molecule has 9 atom stereocenters. The Kier molecular flexibility index (Phi) is 5.72. The maximum atomic E-state index is 15.5. The lowest BCUT2D eigenvalue weighted by Gasteiger charge is -2.60. The normalized spacial score (nSPS) is 46.5. The van der Waals surface area contributed by atoms with Gasteiger partial charge in [-0.05, 0) is 37.2 Å². The lowest BCUT2D eigenvalue weighted by Crippen LogP contribution is -2.65. The minimum atomic E-state index is -1.71. The number of alkyl halides is 1. The molecule has 0 bridgehead atoms. The number of ether oxygens (including phenoxy) is 1. The first-order valence-electron chi connectivity index (χ1n) is 11.7. The molecule has 3 fully saturated rings. The highest BCUT2D eigenvalue weighted by atomic mass is 19.1. The third kappa shape index (κ3) is 2.99. The van der Waals surface area contributed by atoms with E-state index in [9.17, 15) is 29.0 Å². The van der Waals surface area contributed by atoms with E-state index >= 15 is 4.39 Å². The van der Waals surface area contributed by atoms with Crippen molar-refractivity contribution in [3.63, 3.8) is 0 Å². The highest BCUT2D eigenvalue weighted by Crippen LogP contribution is 2.69. The molecule has 3 saturated carbocycles. The van der Waals surface area contributed by atoms with E-state index in [1.165, 1.54) is 6.08 Å². The first-order valence-corrected chi connectivity index (χ1v) is 11.7. The number of Topliss-reactive ketones (excluding diaryl/α,β-unsaturated/α-hetero) is 1. The quantitative estimate of drug-likeness (QED) is 0.618. The first-order chi connectivity index (χ1) is 15.4. The summed E-state index contributed by atoms with van der Waals surface area (Å²) in [5.74, 6) is -4.95. The number of fused-ring (bicyclic) bond motifs is 5. The van der Waals surface area contributed by atoms with Crippen LogP contribution < -0.4 is 0 Å². The van der Waals surface area contributed by atoms with Crippen LogP contribution in [0, 0.1) is 34.5 Å². The summed E-state index contributed by atoms with van der Waals surface area (Å²) in [6.45, 7) is 6.00. The number of carbonyl (C=O) groups is 3. The fourth-order valence-corrected chi connectivity index (χ4v) is 7.99. The van der Waals surface area contributed by atoms with Crippen LogP contribution in [0.3, 0.4) is 0 Å². The highest BCUT2D eigenvalue weighted by Gasteiger charge is 2.73. The molecule has 6 nitrogen and oxygen atoms in total. The van der Waals surface area contributed by atoms with E-state index in [0.717, 1.165) is 6.08 Å². The molecule has 182 valence electrons. The van der Waals surface area contributed by atoms with Crippen LogP contribution in [0.5, 0.6) is 0 Å². The summed E-state index contributed by atoms with van der Waals surface area (Å²) in [4.78, 5) is 37.5. The lowest BCUT2D eigenvalue weighted by molar-refractivity contribution is -0.206. The van der Waals surface area contributed by atoms with Gasteiger partial charge in [0.2, 0.25) is 11.6 Å². The molecule has 0 aromatic heterocycles. The van der Waals surface area contributed by atoms with Gasteiger partial charge < -0.3 is 14.9 Å². The molecule has 0 aromatic rings. The molecule has 0 radical (unpaired) electrons. The van der Waals surface area contributed by atoms with Crippen molar-refractivity contribution in [1.29, 1.82) is 0 Å². The maximum Gasteiger partial charge on any atom is 0.306 e. The van der Waals surface area contributed by atoms with Gasteiger partial charge in [-0.1, -0.05) is 33.8 Å². The van der Waals surface area contributed by atoms with E-state index in [1.807, 2.05) is 0 Å². The zero-order valence-electron chi connectivity index (χ0n) is 19.4. The van der Waals surface area contributed by atoms with E-state index in [-0.39, 0.29) is 30.8 Å². The summed E-state index contributed by atoms with van der Waals surface area (Å²) in [7, 11) is 0. The maximum absolute atomic E-state index is 15.5. The Morgan fingerprint density at radius 1 is 1.27 bits per heavy atom. The number of rotatable bonds is 4. The summed E-state index contributed by atoms with van der Waals surface area (Å²) >= 11 is 0. The van der Waals surface area contributed by atoms with Gasteiger partial charge in [-0.15, -0.1) is 0 Å². The molecule has 0 unspecified atom stereocenters. The van der Waals surface area contributed by atoms with Crippen molar-refractivity contribution < 1.29 is 38.1 Å². The molecule has 4 rings (SSSR count). The number of hydrogen-bond donors (Lipinski definition) is 2. The number of esters is 1. The van der Waals surface area contributed by atoms with Crippen molar-refractivity contribution in [3.05, 3.63) is 23.6 Å². The minimum Gasteiger partial charge on any atom is -0.450 e. The van der Waals surface area contributed by atoms with Gasteiger partial charge in [0.05, 0.1) is 6.10 Å². The summed E-state index contributed by atoms with van der Waals surface area (Å²) in [5, 5.41) is 21.2. The first kappa shape index (κ1) is 24.2. The smallest absolute Gasteiger partial charge is 0.306 e. The summed E-state index contributed by atoms with van der Waals surface area (Å²) in [6.07, 6.45) is 0.273. The Hall–Kier alpha value is -1.93. The number of aliphatic hydroxyl groups is 2. The summed E-state index contributed by atoms with van der Waals surface area (Å²) in [6, 6.07) is 0. The number of halogens is 2. The fourth-order valence-electron chi connectivity index (χ4n) is 7.99. The molecule has 0 aromatic carbocycles. The second-order valence-corrected chi connectivity index (χ2v) is 10.7. The molecule has 0 spiro atoms. The molecular weight excluding hydrogens is 434 g/mol. The molecule has 0 saturated heterocycles. The fraction of sp³-hybridized carbons (Fsp3) is 0.720. The largest absolute Gasteiger partial charge is 0.450 e. The molecule has 0 aliphatic heterocycles. The van der Waals surface area contributed by atoms with Gasteiger partial charge >= 0.3 is 5.97 Å². The number of ketones is 2. The number of allylic oxidation sites excluding steroid dienone is 4. The van der Waals surface area contributed by atoms with E-state index in [0.29, 0.717) is 6.42 Å². The Labute approximate surface area is 192 Å². The van der Waals surface area contributed by atoms with Crippen LogP contribution in [0.25, 0.3) is 0 Å². The molecule has 2 N–H and O–H groups in total. The van der Waals surface area contributed by atoms with Gasteiger partial charge in [0, 0.05) is 34.7 Å². The van der Waals surface area contributed by atoms with E-state index in [1.54, 1.807) is 27.7 Å². The standard InChI is InChI=1S/C25H32F2O6/c1-5-19(32)33-25(18(31)11-28)12(2)8-14-13-9-15(26)21-22(27)16(29)6-7-23(21,3)20(13)17(30)10-24(14,25)4/h6-7,12-15,17,20,28,30H,5,8-11H2,1-4H3/t12-,13-,14-,15-,17-,20+,23+,24-,25-/m0/s1. The third-order valence-electron chi connectivity index (χ3n) is 9.21. The average Bonchev–Trinajstić information content (AvgIpc) is 2.97. The van der Waals surface area contributed by atoms with E-state index in [2.05, 4.69) is 0 Å². The minimum absolute atomic E-state index is 0.0411. The Balaban J connectivity index is 1.85. The molecule has 0 amide bonds. The second kappa shape index (κ2) is 7.80. The van der Waals surface area contributed by atoms with Crippen molar-refractivity contribution in [2.75, 3.05) is 6.61 Å². The molecular formula is C25H32F2O6. The van der Waals surface area contributed by atoms with Gasteiger partial charge in [0.15, 0.2) is 11.4 Å². The predicted molar refractivity (Wildman–Crippen MR) is 114 cm³/mol. The zero-order valence-corrected chi connectivity index (χ0v) is 19.4. The van der Waals surface area contributed by atoms with Crippen LogP contribution >= 0.6 is 0 Å². The number of hydrogen-bond acceptors (Lipinski definition) is 6. The van der Waals surface area contributed by atoms with Crippen LogP contribution in [-0.2, 0) is 19.1 Å². The number of aliphatic hydroxyl groups excluding tert-OH is 2. The van der Waals surface area contributed by atoms with E-state index in [4.69, 9.17) is 4.74 Å². The summed E-state index contributed by atoms with van der Waals surface area (Å²) < 4.78 is 36.1. The number of carbonyl (C=O) groups excluding carboxylic acids is 3. The van der Waals surface area contributed by atoms with E-state index < -0.39 is 76.4 Å². The third-order valence-corrected chi connectivity index (χ3v) is 9.21. The van der Waals surface area contributed by atoms with Gasteiger partial charge in [0.25, 0.3) is 0 Å². The van der Waals surface area contributed by atoms with Gasteiger partial charge in [-0.2, -0.15) is 0 Å². The molecule has 4 aliphatic carbocycles. The van der Waals surface area contributed by atoms with Crippen LogP contribution in [-0.4, -0.2) is 52.2 Å². The van der Waals surface area contributed by atoms with Crippen LogP contribution in [0.2, 0.25) is 0 Å². The lowest BCUT2D eigenvalue weighted by atomic mass is 9.45. The van der Waals surface area contributed by atoms with Crippen molar-refractivity contribution in [2.45, 2.75) is 71.3 Å². The van der Waals surface area contributed by atoms with Gasteiger partial charge in [0.1, 0.15) is 12.8 Å². The molecule has 0 heterocycles. The van der Waals surface area contributed by atoms with Gasteiger partial charge in [-0.3, -0.25) is 14.4 Å². The Morgan fingerprint density at radius 2 is 1.94 bits per heavy atom.